The molecule has 32 heavy (non-hydrogen) atoms. The second-order valence-corrected chi connectivity index (χ2v) is 9.53. The molecule has 7 heteroatoms. The lowest BCUT2D eigenvalue weighted by Gasteiger charge is -2.33. The number of hydrogen-bond donors (Lipinski definition) is 1. The van der Waals surface area contributed by atoms with Crippen LogP contribution in [0.4, 0.5) is 0 Å². The minimum atomic E-state index is -0.580. The van der Waals surface area contributed by atoms with Gasteiger partial charge < -0.3 is 10.2 Å². The maximum absolute atomic E-state index is 13.4. The molecule has 1 atom stereocenters. The van der Waals surface area contributed by atoms with Gasteiger partial charge in [0.15, 0.2) is 0 Å². The highest BCUT2D eigenvalue weighted by atomic mass is 35.5. The molecule has 1 fully saturated rings. The predicted octanol–water partition coefficient (Wildman–Crippen LogP) is 6.45. The molecule has 4 nitrogen and oxygen atoms in total. The lowest BCUT2D eigenvalue weighted by atomic mass is 9.95. The van der Waals surface area contributed by atoms with E-state index in [0.29, 0.717) is 21.5 Å². The molecule has 0 radical (unpaired) electrons. The molecule has 1 saturated carbocycles. The third kappa shape index (κ3) is 6.63. The molecule has 1 N–H and O–H groups in total. The van der Waals surface area contributed by atoms with Crippen LogP contribution in [-0.4, -0.2) is 28.8 Å². The Morgan fingerprint density at radius 1 is 1.00 bits per heavy atom. The Bertz CT molecular complexity index is 945. The molecule has 0 aromatic heterocycles. The minimum absolute atomic E-state index is 0.103. The van der Waals surface area contributed by atoms with E-state index in [4.69, 9.17) is 34.8 Å². The fraction of sp³-hybridized carbons (Fsp3) is 0.440. The summed E-state index contributed by atoms with van der Waals surface area (Å²) in [7, 11) is 0. The highest BCUT2D eigenvalue weighted by molar-refractivity contribution is 6.42. The predicted molar refractivity (Wildman–Crippen MR) is 131 cm³/mol. The van der Waals surface area contributed by atoms with Gasteiger partial charge in [-0.3, -0.25) is 9.59 Å². The lowest BCUT2D eigenvalue weighted by Crippen LogP contribution is -2.52. The molecule has 0 bridgehead atoms. The van der Waals surface area contributed by atoms with Crippen molar-refractivity contribution < 1.29 is 9.59 Å². The maximum Gasteiger partial charge on any atom is 0.243 e. The van der Waals surface area contributed by atoms with Gasteiger partial charge in [-0.15, -0.1) is 0 Å². The van der Waals surface area contributed by atoms with Gasteiger partial charge in [-0.05, 0) is 48.6 Å². The Hall–Kier alpha value is -1.75. The van der Waals surface area contributed by atoms with Gasteiger partial charge in [0.25, 0.3) is 0 Å². The van der Waals surface area contributed by atoms with Crippen LogP contribution in [0, 0.1) is 0 Å². The summed E-state index contributed by atoms with van der Waals surface area (Å²) in [5.74, 6) is -0.261. The highest BCUT2D eigenvalue weighted by Crippen LogP contribution is 2.25. The van der Waals surface area contributed by atoms with E-state index < -0.39 is 6.04 Å². The molecule has 2 aromatic carbocycles. The van der Waals surface area contributed by atoms with Crippen LogP contribution in [0.1, 0.15) is 56.6 Å². The van der Waals surface area contributed by atoms with E-state index in [-0.39, 0.29) is 30.8 Å². The van der Waals surface area contributed by atoms with E-state index in [0.717, 1.165) is 36.8 Å². The van der Waals surface area contributed by atoms with E-state index in [9.17, 15) is 9.59 Å². The molecular weight excluding hydrogens is 467 g/mol. The Balaban J connectivity index is 1.83. The van der Waals surface area contributed by atoms with Crippen LogP contribution in [0.15, 0.2) is 42.5 Å². The summed E-state index contributed by atoms with van der Waals surface area (Å²) in [5.41, 5.74) is 1.55. The van der Waals surface area contributed by atoms with Crippen molar-refractivity contribution in [3.8, 4) is 0 Å². The van der Waals surface area contributed by atoms with Crippen molar-refractivity contribution in [2.24, 2.45) is 0 Å². The average molecular weight is 496 g/mol. The Labute approximate surface area is 205 Å². The fourth-order valence-electron chi connectivity index (χ4n) is 4.20. The molecule has 0 unspecified atom stereocenters. The quantitative estimate of drug-likeness (QED) is 0.458. The third-order valence-corrected chi connectivity index (χ3v) is 7.08. The topological polar surface area (TPSA) is 49.4 Å². The van der Waals surface area contributed by atoms with Crippen molar-refractivity contribution in [3.63, 3.8) is 0 Å². The fourth-order valence-corrected chi connectivity index (χ4v) is 4.72. The minimum Gasteiger partial charge on any atom is -0.352 e. The van der Waals surface area contributed by atoms with Crippen LogP contribution in [0.2, 0.25) is 15.1 Å². The second kappa shape index (κ2) is 11.9. The molecule has 2 aromatic rings. The molecule has 0 saturated heterocycles. The normalized spacial score (nSPS) is 15.2. The van der Waals surface area contributed by atoms with Gasteiger partial charge in [-0.2, -0.15) is 0 Å². The van der Waals surface area contributed by atoms with Crippen LogP contribution in [-0.2, 0) is 22.6 Å². The van der Waals surface area contributed by atoms with Gasteiger partial charge in [0, 0.05) is 17.6 Å². The van der Waals surface area contributed by atoms with Crippen LogP contribution < -0.4 is 5.32 Å². The number of nitrogens with one attached hydrogen (secondary N) is 1. The summed E-state index contributed by atoms with van der Waals surface area (Å²) in [6, 6.07) is 12.2. The van der Waals surface area contributed by atoms with Crippen molar-refractivity contribution in [2.45, 2.75) is 70.5 Å². The molecule has 0 spiro atoms. The van der Waals surface area contributed by atoms with E-state index in [1.54, 1.807) is 29.2 Å². The highest BCUT2D eigenvalue weighted by Gasteiger charge is 2.30. The first-order valence-electron chi connectivity index (χ1n) is 11.2. The Morgan fingerprint density at radius 3 is 2.38 bits per heavy atom. The SMILES string of the molecule is CC[C@H](C(=O)NC1CCCCC1)N(Cc1ccccc1Cl)C(=O)Cc1ccc(Cl)c(Cl)c1. The number of carbonyl (C=O) groups is 2. The molecule has 0 aliphatic heterocycles. The van der Waals surface area contributed by atoms with E-state index in [1.165, 1.54) is 6.42 Å². The van der Waals surface area contributed by atoms with Crippen LogP contribution >= 0.6 is 34.8 Å². The standard InChI is InChI=1S/C25H29Cl3N2O2/c1-2-23(25(32)29-19-9-4-3-5-10-19)30(16-18-8-6-7-11-20(18)26)24(31)15-17-12-13-21(27)22(28)14-17/h6-8,11-14,19,23H,2-5,9-10,15-16H2,1H3,(H,29,32)/t23-/m1/s1. The number of halogens is 3. The first kappa shape index (κ1) is 24.9. The number of carbonyl (C=O) groups excluding carboxylic acids is 2. The number of amides is 2. The van der Waals surface area contributed by atoms with Gasteiger partial charge in [-0.25, -0.2) is 0 Å². The largest absolute Gasteiger partial charge is 0.352 e. The zero-order chi connectivity index (χ0) is 23.1. The number of benzene rings is 2. The van der Waals surface area contributed by atoms with Gasteiger partial charge in [-0.1, -0.05) is 85.3 Å². The Kier molecular flexibility index (Phi) is 9.27. The van der Waals surface area contributed by atoms with E-state index in [1.807, 2.05) is 25.1 Å². The number of rotatable bonds is 8. The smallest absolute Gasteiger partial charge is 0.243 e. The first-order valence-corrected chi connectivity index (χ1v) is 12.3. The zero-order valence-corrected chi connectivity index (χ0v) is 20.5. The summed E-state index contributed by atoms with van der Waals surface area (Å²) < 4.78 is 0. The lowest BCUT2D eigenvalue weighted by molar-refractivity contribution is -0.141. The molecule has 1 aliphatic rings. The summed E-state index contributed by atoms with van der Waals surface area (Å²) in [6.07, 6.45) is 6.07. The van der Waals surface area contributed by atoms with Crippen LogP contribution in [0.25, 0.3) is 0 Å². The number of nitrogens with zero attached hydrogens (tertiary/aromatic N) is 1. The first-order chi connectivity index (χ1) is 15.4. The average Bonchev–Trinajstić information content (AvgIpc) is 2.78. The van der Waals surface area contributed by atoms with Gasteiger partial charge in [0.05, 0.1) is 16.5 Å². The molecule has 0 heterocycles. The summed E-state index contributed by atoms with van der Waals surface area (Å²) in [4.78, 5) is 28.3. The van der Waals surface area contributed by atoms with Crippen molar-refractivity contribution in [3.05, 3.63) is 68.7 Å². The maximum atomic E-state index is 13.4. The summed E-state index contributed by atoms with van der Waals surface area (Å²) in [5, 5.41) is 4.59. The molecular formula is C25H29Cl3N2O2. The van der Waals surface area contributed by atoms with Crippen LogP contribution in [0.3, 0.4) is 0 Å². The van der Waals surface area contributed by atoms with Crippen molar-refractivity contribution in [1.82, 2.24) is 10.2 Å². The van der Waals surface area contributed by atoms with E-state index in [2.05, 4.69) is 5.32 Å². The summed E-state index contributed by atoms with van der Waals surface area (Å²) >= 11 is 18.5. The van der Waals surface area contributed by atoms with Gasteiger partial charge >= 0.3 is 0 Å². The van der Waals surface area contributed by atoms with Crippen molar-refractivity contribution in [2.75, 3.05) is 0 Å². The molecule has 1 aliphatic carbocycles. The van der Waals surface area contributed by atoms with E-state index >= 15 is 0 Å². The monoisotopic (exact) mass is 494 g/mol. The second-order valence-electron chi connectivity index (χ2n) is 8.31. The number of hydrogen-bond acceptors (Lipinski definition) is 2. The molecule has 2 amide bonds. The van der Waals surface area contributed by atoms with Gasteiger partial charge in [0.1, 0.15) is 6.04 Å². The summed E-state index contributed by atoms with van der Waals surface area (Å²) in [6.45, 7) is 2.19. The molecule has 172 valence electrons. The zero-order valence-electron chi connectivity index (χ0n) is 18.3. The van der Waals surface area contributed by atoms with Crippen molar-refractivity contribution >= 4 is 46.6 Å². The van der Waals surface area contributed by atoms with Gasteiger partial charge in [0.2, 0.25) is 11.8 Å². The third-order valence-electron chi connectivity index (χ3n) is 5.98. The molecule has 3 rings (SSSR count). The Morgan fingerprint density at radius 2 is 1.72 bits per heavy atom. The van der Waals surface area contributed by atoms with Crippen molar-refractivity contribution in [1.29, 1.82) is 0 Å². The van der Waals surface area contributed by atoms with Crippen LogP contribution in [0.5, 0.6) is 0 Å².